The Bertz CT molecular complexity index is 228. The van der Waals surface area contributed by atoms with Gasteiger partial charge in [0.1, 0.15) is 0 Å². The van der Waals surface area contributed by atoms with Crippen molar-refractivity contribution in [3.8, 4) is 0 Å². The van der Waals surface area contributed by atoms with Gasteiger partial charge in [0.2, 0.25) is 0 Å². The second-order valence-electron chi connectivity index (χ2n) is 7.06. The van der Waals surface area contributed by atoms with Crippen molar-refractivity contribution in [3.05, 3.63) is 0 Å². The molecule has 1 saturated heterocycles. The zero-order chi connectivity index (χ0) is 12.9. The predicted molar refractivity (Wildman–Crippen MR) is 81.3 cm³/mol. The van der Waals surface area contributed by atoms with Crippen molar-refractivity contribution in [2.45, 2.75) is 89.1 Å². The topological polar surface area (TPSA) is 6.48 Å². The molecule has 0 unspecified atom stereocenters. The molecule has 2 heteroatoms. The van der Waals surface area contributed by atoms with Crippen LogP contribution in [0, 0.1) is 0 Å². The summed E-state index contributed by atoms with van der Waals surface area (Å²) in [7, 11) is 0. The Balaban J connectivity index is 1.58. The molecule has 0 atom stereocenters. The first-order valence-electron chi connectivity index (χ1n) is 8.91. The highest BCUT2D eigenvalue weighted by molar-refractivity contribution is 4.82. The summed E-state index contributed by atoms with van der Waals surface area (Å²) in [5.74, 6) is 0. The first-order valence-corrected chi connectivity index (χ1v) is 8.91. The second kappa shape index (κ2) is 7.08. The van der Waals surface area contributed by atoms with Gasteiger partial charge in [-0.15, -0.1) is 0 Å². The summed E-state index contributed by atoms with van der Waals surface area (Å²) in [5, 5.41) is 0. The van der Waals surface area contributed by atoms with Gasteiger partial charge in [0.15, 0.2) is 0 Å². The third-order valence-electron chi connectivity index (χ3n) is 5.69. The summed E-state index contributed by atoms with van der Waals surface area (Å²) in [5.41, 5.74) is 0. The van der Waals surface area contributed by atoms with Crippen molar-refractivity contribution < 1.29 is 0 Å². The van der Waals surface area contributed by atoms with E-state index >= 15 is 0 Å². The molecule has 110 valence electrons. The minimum absolute atomic E-state index is 0.915. The van der Waals surface area contributed by atoms with Crippen molar-refractivity contribution in [3.63, 3.8) is 0 Å². The van der Waals surface area contributed by atoms with Gasteiger partial charge in [0, 0.05) is 12.1 Å². The lowest BCUT2D eigenvalue weighted by Crippen LogP contribution is -2.47. The van der Waals surface area contributed by atoms with Gasteiger partial charge in [-0.3, -0.25) is 9.80 Å². The Morgan fingerprint density at radius 1 is 0.474 bits per heavy atom. The van der Waals surface area contributed by atoms with Gasteiger partial charge in [-0.2, -0.15) is 0 Å². The molecule has 3 fully saturated rings. The zero-order valence-corrected chi connectivity index (χ0v) is 12.7. The fraction of sp³-hybridized carbons (Fsp3) is 1.00. The van der Waals surface area contributed by atoms with Crippen LogP contribution in [0.25, 0.3) is 0 Å². The molecule has 0 aromatic carbocycles. The lowest BCUT2D eigenvalue weighted by atomic mass is 9.93. The maximum absolute atomic E-state index is 2.85. The number of hydrogen-bond acceptors (Lipinski definition) is 2. The van der Waals surface area contributed by atoms with Gasteiger partial charge >= 0.3 is 0 Å². The Labute approximate surface area is 119 Å². The molecule has 0 radical (unpaired) electrons. The van der Waals surface area contributed by atoms with E-state index < -0.39 is 0 Å². The van der Waals surface area contributed by atoms with Crippen LogP contribution < -0.4 is 0 Å². The fourth-order valence-electron chi connectivity index (χ4n) is 4.49. The Hall–Kier alpha value is -0.0800. The molecular weight excluding hydrogens is 232 g/mol. The maximum atomic E-state index is 2.85. The van der Waals surface area contributed by atoms with Gasteiger partial charge < -0.3 is 0 Å². The minimum atomic E-state index is 0.915. The molecule has 0 aromatic rings. The van der Waals surface area contributed by atoms with Gasteiger partial charge in [-0.1, -0.05) is 38.5 Å². The molecule has 2 aliphatic carbocycles. The van der Waals surface area contributed by atoms with Crippen molar-refractivity contribution in [2.75, 3.05) is 19.8 Å². The van der Waals surface area contributed by atoms with Gasteiger partial charge in [0.05, 0.1) is 6.67 Å². The molecular formula is C17H32N2. The lowest BCUT2D eigenvalue weighted by Gasteiger charge is -2.40. The van der Waals surface area contributed by atoms with E-state index in [1.54, 1.807) is 0 Å². The van der Waals surface area contributed by atoms with Crippen molar-refractivity contribution in [2.24, 2.45) is 0 Å². The maximum Gasteiger partial charge on any atom is 0.0511 e. The van der Waals surface area contributed by atoms with Crippen molar-refractivity contribution >= 4 is 0 Å². The van der Waals surface area contributed by atoms with E-state index in [1.165, 1.54) is 96.8 Å². The van der Waals surface area contributed by atoms with E-state index in [4.69, 9.17) is 0 Å². The average Bonchev–Trinajstić information content (AvgIpc) is 2.75. The van der Waals surface area contributed by atoms with Crippen LogP contribution in [0.5, 0.6) is 0 Å². The molecule has 0 aromatic heterocycles. The molecule has 1 aliphatic heterocycles. The van der Waals surface area contributed by atoms with E-state index in [1.807, 2.05) is 0 Å². The van der Waals surface area contributed by atoms with Crippen LogP contribution in [0.4, 0.5) is 0 Å². The molecule has 3 rings (SSSR count). The number of nitrogens with zero attached hydrogens (tertiary/aromatic N) is 2. The van der Waals surface area contributed by atoms with Crippen LogP contribution in [0.1, 0.15) is 77.0 Å². The predicted octanol–water partition coefficient (Wildman–Crippen LogP) is 4.01. The molecule has 19 heavy (non-hydrogen) atoms. The summed E-state index contributed by atoms with van der Waals surface area (Å²) in [6.45, 7) is 4.02. The quantitative estimate of drug-likeness (QED) is 0.743. The number of hydrogen-bond donors (Lipinski definition) is 0. The van der Waals surface area contributed by atoms with Crippen LogP contribution in [-0.2, 0) is 0 Å². The molecule has 2 nitrogen and oxygen atoms in total. The highest BCUT2D eigenvalue weighted by Crippen LogP contribution is 2.28. The monoisotopic (exact) mass is 264 g/mol. The highest BCUT2D eigenvalue weighted by Gasteiger charge is 2.28. The summed E-state index contributed by atoms with van der Waals surface area (Å²) >= 11 is 0. The SMILES string of the molecule is C1CCC(N2CCCCN(C3CCCCC3)C2)CC1. The minimum Gasteiger partial charge on any atom is -0.288 e. The van der Waals surface area contributed by atoms with Crippen LogP contribution in [0.15, 0.2) is 0 Å². The number of rotatable bonds is 2. The van der Waals surface area contributed by atoms with Crippen molar-refractivity contribution in [1.29, 1.82) is 0 Å². The fourth-order valence-corrected chi connectivity index (χ4v) is 4.49. The van der Waals surface area contributed by atoms with E-state index in [0.29, 0.717) is 0 Å². The van der Waals surface area contributed by atoms with Crippen molar-refractivity contribution in [1.82, 2.24) is 9.80 Å². The summed E-state index contributed by atoms with van der Waals surface area (Å²) in [6.07, 6.45) is 17.6. The molecule has 1 heterocycles. The van der Waals surface area contributed by atoms with Gasteiger partial charge in [-0.05, 0) is 51.6 Å². The Morgan fingerprint density at radius 3 is 1.32 bits per heavy atom. The second-order valence-corrected chi connectivity index (χ2v) is 7.06. The van der Waals surface area contributed by atoms with E-state index in [2.05, 4.69) is 9.80 Å². The normalized spacial score (nSPS) is 30.3. The molecule has 3 aliphatic rings. The largest absolute Gasteiger partial charge is 0.288 e. The van der Waals surface area contributed by atoms with Crippen LogP contribution in [0.2, 0.25) is 0 Å². The Kier molecular flexibility index (Phi) is 5.17. The standard InChI is InChI=1S/C17H32N2/c1-3-9-16(10-4-1)18-13-7-8-14-19(15-18)17-11-5-2-6-12-17/h16-17H,1-15H2. The first-order chi connectivity index (χ1) is 9.43. The van der Waals surface area contributed by atoms with Gasteiger partial charge in [0.25, 0.3) is 0 Å². The zero-order valence-electron chi connectivity index (χ0n) is 12.7. The van der Waals surface area contributed by atoms with Crippen LogP contribution >= 0.6 is 0 Å². The van der Waals surface area contributed by atoms with E-state index in [-0.39, 0.29) is 0 Å². The summed E-state index contributed by atoms with van der Waals surface area (Å²) < 4.78 is 0. The first kappa shape index (κ1) is 13.9. The van der Waals surface area contributed by atoms with Crippen LogP contribution in [0.3, 0.4) is 0 Å². The molecule has 0 spiro atoms. The third-order valence-corrected chi connectivity index (χ3v) is 5.69. The Morgan fingerprint density at radius 2 is 0.895 bits per heavy atom. The summed E-state index contributed by atoms with van der Waals surface area (Å²) in [6, 6.07) is 1.83. The van der Waals surface area contributed by atoms with Crippen LogP contribution in [-0.4, -0.2) is 41.6 Å². The molecule has 0 bridgehead atoms. The highest BCUT2D eigenvalue weighted by atomic mass is 15.3. The van der Waals surface area contributed by atoms with Gasteiger partial charge in [-0.25, -0.2) is 0 Å². The van der Waals surface area contributed by atoms with E-state index in [0.717, 1.165) is 12.1 Å². The van der Waals surface area contributed by atoms with E-state index in [9.17, 15) is 0 Å². The third kappa shape index (κ3) is 3.72. The lowest BCUT2D eigenvalue weighted by molar-refractivity contribution is 0.0549. The molecule has 0 N–H and O–H groups in total. The smallest absolute Gasteiger partial charge is 0.0511 e. The molecule has 2 saturated carbocycles. The molecule has 0 amide bonds. The summed E-state index contributed by atoms with van der Waals surface area (Å²) in [4.78, 5) is 5.70. The average molecular weight is 264 g/mol.